The Morgan fingerprint density at radius 3 is 2.58 bits per heavy atom. The summed E-state index contributed by atoms with van der Waals surface area (Å²) < 4.78 is 7.37. The molecule has 2 aromatic carbocycles. The molecule has 1 aliphatic heterocycles. The summed E-state index contributed by atoms with van der Waals surface area (Å²) in [6.07, 6.45) is 3.46. The molecule has 4 aromatic rings. The number of rotatable bonds is 6. The second-order valence-corrected chi connectivity index (χ2v) is 7.80. The topological polar surface area (TPSA) is 140 Å². The fourth-order valence-corrected chi connectivity index (χ4v) is 3.88. The number of anilines is 1. The molecule has 0 spiro atoms. The van der Waals surface area contributed by atoms with Gasteiger partial charge in [-0.25, -0.2) is 9.97 Å². The lowest BCUT2D eigenvalue weighted by molar-refractivity contribution is 0.0970. The Kier molecular flexibility index (Phi) is 5.49. The molecular weight excluding hydrogens is 422 g/mol. The van der Waals surface area contributed by atoms with E-state index in [-0.39, 0.29) is 17.5 Å². The number of fused-ring (bicyclic) bond motifs is 1. The van der Waals surface area contributed by atoms with Crippen molar-refractivity contribution in [3.05, 3.63) is 66.2 Å². The zero-order valence-corrected chi connectivity index (χ0v) is 17.7. The highest BCUT2D eigenvalue weighted by molar-refractivity contribution is 6.10. The number of aromatic amines is 1. The molecule has 1 fully saturated rings. The van der Waals surface area contributed by atoms with Crippen LogP contribution < -0.4 is 21.1 Å². The summed E-state index contributed by atoms with van der Waals surface area (Å²) in [6, 6.07) is 14.5. The van der Waals surface area contributed by atoms with Crippen molar-refractivity contribution in [1.29, 1.82) is 0 Å². The fourth-order valence-electron chi connectivity index (χ4n) is 3.88. The van der Waals surface area contributed by atoms with E-state index in [9.17, 15) is 9.59 Å². The first-order valence-corrected chi connectivity index (χ1v) is 10.7. The molecule has 5 N–H and O–H groups in total. The van der Waals surface area contributed by atoms with E-state index in [1.807, 2.05) is 24.3 Å². The van der Waals surface area contributed by atoms with Crippen LogP contribution >= 0.6 is 0 Å². The maximum Gasteiger partial charge on any atom is 0.276 e. The number of carbonyl (C=O) groups is 2. The van der Waals surface area contributed by atoms with Crippen LogP contribution in [0.1, 0.15) is 33.8 Å². The molecule has 1 aliphatic rings. The standard InChI is InChI=1S/C23H23N7O3/c24-21(31)20-19(26-13-30(20)23-28-17-3-1-2-4-18(17)29-23)22(32)27-14-5-7-15(8-6-14)33-16-9-11-25-12-10-16/h1-8,13,16,25H,9-12H2,(H2,24,31)(H,27,32)(H,28,29). The molecule has 5 rings (SSSR count). The number of para-hydroxylation sites is 2. The van der Waals surface area contributed by atoms with E-state index >= 15 is 0 Å². The number of hydrogen-bond acceptors (Lipinski definition) is 6. The molecule has 33 heavy (non-hydrogen) atoms. The Bertz CT molecular complexity index is 1270. The van der Waals surface area contributed by atoms with E-state index in [1.165, 1.54) is 10.9 Å². The van der Waals surface area contributed by atoms with Gasteiger partial charge >= 0.3 is 0 Å². The van der Waals surface area contributed by atoms with E-state index in [4.69, 9.17) is 10.5 Å². The van der Waals surface area contributed by atoms with Gasteiger partial charge < -0.3 is 26.1 Å². The first kappa shape index (κ1) is 20.7. The summed E-state index contributed by atoms with van der Waals surface area (Å²) in [5.74, 6) is -0.252. The van der Waals surface area contributed by atoms with Gasteiger partial charge in [-0.05, 0) is 62.3 Å². The van der Waals surface area contributed by atoms with E-state index in [0.29, 0.717) is 11.6 Å². The number of carbonyl (C=O) groups excluding carboxylic acids is 2. The third-order valence-corrected chi connectivity index (χ3v) is 5.52. The molecule has 10 heteroatoms. The molecule has 2 aromatic heterocycles. The first-order valence-electron chi connectivity index (χ1n) is 10.7. The molecular formula is C23H23N7O3. The molecule has 10 nitrogen and oxygen atoms in total. The summed E-state index contributed by atoms with van der Waals surface area (Å²) in [5, 5.41) is 6.06. The summed E-state index contributed by atoms with van der Waals surface area (Å²) in [5.41, 5.74) is 7.50. The van der Waals surface area contributed by atoms with Crippen molar-refractivity contribution in [3.63, 3.8) is 0 Å². The van der Waals surface area contributed by atoms with Crippen molar-refractivity contribution in [3.8, 4) is 11.7 Å². The number of ether oxygens (including phenoxy) is 1. The molecule has 0 radical (unpaired) electrons. The van der Waals surface area contributed by atoms with Crippen molar-refractivity contribution in [2.45, 2.75) is 18.9 Å². The number of amides is 2. The minimum absolute atomic E-state index is 0.0579. The van der Waals surface area contributed by atoms with Crippen molar-refractivity contribution >= 4 is 28.5 Å². The predicted molar refractivity (Wildman–Crippen MR) is 123 cm³/mol. The summed E-state index contributed by atoms with van der Waals surface area (Å²) >= 11 is 0. The number of imidazole rings is 2. The SMILES string of the molecule is NC(=O)c1c(C(=O)Nc2ccc(OC3CCNCC3)cc2)ncn1-c1nc2ccccc2[nH]1. The van der Waals surface area contributed by atoms with Crippen LogP contribution in [0.25, 0.3) is 17.0 Å². The highest BCUT2D eigenvalue weighted by Crippen LogP contribution is 2.21. The minimum Gasteiger partial charge on any atom is -0.490 e. The summed E-state index contributed by atoms with van der Waals surface area (Å²) in [4.78, 5) is 36.8. The number of aromatic nitrogens is 4. The Labute approximate surface area is 189 Å². The Morgan fingerprint density at radius 1 is 1.09 bits per heavy atom. The molecule has 0 unspecified atom stereocenters. The molecule has 0 bridgehead atoms. The Balaban J connectivity index is 1.34. The fraction of sp³-hybridized carbons (Fsp3) is 0.217. The van der Waals surface area contributed by atoms with Gasteiger partial charge in [0.25, 0.3) is 11.8 Å². The highest BCUT2D eigenvalue weighted by Gasteiger charge is 2.24. The summed E-state index contributed by atoms with van der Waals surface area (Å²) in [6.45, 7) is 1.89. The van der Waals surface area contributed by atoms with Crippen molar-refractivity contribution in [2.75, 3.05) is 18.4 Å². The monoisotopic (exact) mass is 445 g/mol. The van der Waals surface area contributed by atoms with Crippen LogP contribution in [0.5, 0.6) is 5.75 Å². The van der Waals surface area contributed by atoms with Crippen LogP contribution in [-0.4, -0.2) is 50.5 Å². The number of nitrogens with two attached hydrogens (primary N) is 1. The van der Waals surface area contributed by atoms with Crippen LogP contribution in [0.4, 0.5) is 5.69 Å². The number of H-pyrrole nitrogens is 1. The van der Waals surface area contributed by atoms with E-state index in [1.54, 1.807) is 24.3 Å². The molecule has 1 saturated heterocycles. The van der Waals surface area contributed by atoms with Gasteiger partial charge in [-0.2, -0.15) is 0 Å². The lowest BCUT2D eigenvalue weighted by Gasteiger charge is -2.23. The van der Waals surface area contributed by atoms with Crippen molar-refractivity contribution < 1.29 is 14.3 Å². The second-order valence-electron chi connectivity index (χ2n) is 7.80. The van der Waals surface area contributed by atoms with E-state index in [0.717, 1.165) is 42.7 Å². The van der Waals surface area contributed by atoms with Gasteiger partial charge in [-0.3, -0.25) is 14.2 Å². The van der Waals surface area contributed by atoms with Gasteiger partial charge in [0.15, 0.2) is 5.69 Å². The third-order valence-electron chi connectivity index (χ3n) is 5.52. The van der Waals surface area contributed by atoms with Crippen LogP contribution in [0.2, 0.25) is 0 Å². The van der Waals surface area contributed by atoms with E-state index < -0.39 is 11.8 Å². The molecule has 2 amide bonds. The van der Waals surface area contributed by atoms with Gasteiger partial charge in [-0.15, -0.1) is 0 Å². The number of hydrogen-bond donors (Lipinski definition) is 4. The van der Waals surface area contributed by atoms with Crippen LogP contribution in [0, 0.1) is 0 Å². The minimum atomic E-state index is -0.788. The van der Waals surface area contributed by atoms with Gasteiger partial charge in [0, 0.05) is 5.69 Å². The van der Waals surface area contributed by atoms with E-state index in [2.05, 4.69) is 25.6 Å². The maximum atomic E-state index is 12.9. The average Bonchev–Trinajstić information content (AvgIpc) is 3.45. The molecule has 0 aliphatic carbocycles. The number of nitrogens with zero attached hydrogens (tertiary/aromatic N) is 3. The van der Waals surface area contributed by atoms with Gasteiger partial charge in [-0.1, -0.05) is 12.1 Å². The number of benzene rings is 2. The van der Waals surface area contributed by atoms with Gasteiger partial charge in [0.1, 0.15) is 23.9 Å². The Hall–Kier alpha value is -4.18. The van der Waals surface area contributed by atoms with Crippen LogP contribution in [0.3, 0.4) is 0 Å². The zero-order chi connectivity index (χ0) is 22.8. The molecule has 0 saturated carbocycles. The summed E-state index contributed by atoms with van der Waals surface area (Å²) in [7, 11) is 0. The van der Waals surface area contributed by atoms with Crippen molar-refractivity contribution in [2.24, 2.45) is 5.73 Å². The number of primary amides is 1. The van der Waals surface area contributed by atoms with Crippen molar-refractivity contribution in [1.82, 2.24) is 24.8 Å². The van der Waals surface area contributed by atoms with Gasteiger partial charge in [0.2, 0.25) is 5.95 Å². The molecule has 0 atom stereocenters. The second kappa shape index (κ2) is 8.75. The van der Waals surface area contributed by atoms with Crippen LogP contribution in [-0.2, 0) is 0 Å². The lowest BCUT2D eigenvalue weighted by Crippen LogP contribution is -2.34. The average molecular weight is 445 g/mol. The number of piperidine rings is 1. The smallest absolute Gasteiger partial charge is 0.276 e. The number of nitrogens with one attached hydrogen (secondary N) is 3. The predicted octanol–water partition coefficient (Wildman–Crippen LogP) is 2.23. The maximum absolute atomic E-state index is 12.9. The Morgan fingerprint density at radius 2 is 1.85 bits per heavy atom. The molecule has 3 heterocycles. The zero-order valence-electron chi connectivity index (χ0n) is 17.7. The van der Waals surface area contributed by atoms with Crippen LogP contribution in [0.15, 0.2) is 54.9 Å². The van der Waals surface area contributed by atoms with Gasteiger partial charge in [0.05, 0.1) is 11.0 Å². The largest absolute Gasteiger partial charge is 0.490 e. The normalized spacial score (nSPS) is 14.3. The quantitative estimate of drug-likeness (QED) is 0.359. The third kappa shape index (κ3) is 4.28. The lowest BCUT2D eigenvalue weighted by atomic mass is 10.1. The molecule has 168 valence electrons. The highest BCUT2D eigenvalue weighted by atomic mass is 16.5. The first-order chi connectivity index (χ1) is 16.1.